The van der Waals surface area contributed by atoms with E-state index in [1.54, 1.807) is 0 Å². The highest BCUT2D eigenvalue weighted by Gasteiger charge is 2.63. The third-order valence-corrected chi connectivity index (χ3v) is 5.83. The van der Waals surface area contributed by atoms with Crippen molar-refractivity contribution in [1.29, 1.82) is 0 Å². The fourth-order valence-electron chi connectivity index (χ4n) is 2.97. The van der Waals surface area contributed by atoms with Gasteiger partial charge < -0.3 is 15.4 Å². The number of carbonyl (C=O) groups excluding carboxylic acids is 2. The summed E-state index contributed by atoms with van der Waals surface area (Å²) >= 11 is 1.50. The number of rotatable bonds is 4. The van der Waals surface area contributed by atoms with E-state index in [9.17, 15) is 19.7 Å². The Morgan fingerprint density at radius 1 is 1.42 bits per heavy atom. The third-order valence-electron chi connectivity index (χ3n) is 4.23. The van der Waals surface area contributed by atoms with E-state index in [4.69, 9.17) is 10.5 Å². The van der Waals surface area contributed by atoms with Crippen LogP contribution in [0.3, 0.4) is 0 Å². The Morgan fingerprint density at radius 3 is 2.62 bits per heavy atom. The molecule has 2 N–H and O–H groups in total. The van der Waals surface area contributed by atoms with Crippen molar-refractivity contribution in [3.8, 4) is 0 Å². The molecule has 2 unspecified atom stereocenters. The van der Waals surface area contributed by atoms with E-state index < -0.39 is 27.7 Å². The molecular weight excluding hydrogens is 334 g/mol. The standard InChI is InChI=1S/C15H17N3O5S/c1-15(2)11(17-12(19)10(16)13(17)24-15)14(20)23-7-8-3-5-9(6-4-8)18(21)22/h3-6,10-11,13H,7,16H2,1-2H3/t10?,11?,13-/m0/s1. The number of nitro benzene ring substituents is 1. The van der Waals surface area contributed by atoms with E-state index >= 15 is 0 Å². The van der Waals surface area contributed by atoms with Crippen LogP contribution in [-0.2, 0) is 20.9 Å². The zero-order valence-electron chi connectivity index (χ0n) is 13.2. The lowest BCUT2D eigenvalue weighted by molar-refractivity contribution is -0.384. The predicted octanol–water partition coefficient (Wildman–Crippen LogP) is 1.03. The number of hydrogen-bond acceptors (Lipinski definition) is 7. The van der Waals surface area contributed by atoms with E-state index in [1.807, 2.05) is 13.8 Å². The summed E-state index contributed by atoms with van der Waals surface area (Å²) < 4.78 is 4.84. The van der Waals surface area contributed by atoms with Crippen molar-refractivity contribution < 1.29 is 19.2 Å². The molecule has 2 aliphatic rings. The van der Waals surface area contributed by atoms with Crippen molar-refractivity contribution in [2.24, 2.45) is 5.73 Å². The first-order valence-electron chi connectivity index (χ1n) is 7.38. The molecule has 2 saturated heterocycles. The average Bonchev–Trinajstić information content (AvgIpc) is 2.81. The second-order valence-electron chi connectivity index (χ2n) is 6.32. The van der Waals surface area contributed by atoms with Gasteiger partial charge in [0.1, 0.15) is 24.1 Å². The van der Waals surface area contributed by atoms with Gasteiger partial charge in [0, 0.05) is 16.9 Å². The zero-order chi connectivity index (χ0) is 17.6. The molecule has 2 aliphatic heterocycles. The minimum Gasteiger partial charge on any atom is -0.459 e. The van der Waals surface area contributed by atoms with Crippen molar-refractivity contribution in [1.82, 2.24) is 4.90 Å². The van der Waals surface area contributed by atoms with Crippen molar-refractivity contribution in [2.75, 3.05) is 0 Å². The number of nitrogens with zero attached hydrogens (tertiary/aromatic N) is 2. The first kappa shape index (κ1) is 16.7. The van der Waals surface area contributed by atoms with Gasteiger partial charge in [0.2, 0.25) is 5.91 Å². The minimum atomic E-state index is -0.683. The summed E-state index contributed by atoms with van der Waals surface area (Å²) in [6.07, 6.45) is 0. The first-order chi connectivity index (χ1) is 11.2. The van der Waals surface area contributed by atoms with Gasteiger partial charge in [-0.25, -0.2) is 4.79 Å². The molecule has 0 saturated carbocycles. The van der Waals surface area contributed by atoms with Crippen LogP contribution in [0.2, 0.25) is 0 Å². The number of ether oxygens (including phenoxy) is 1. The number of hydrogen-bond donors (Lipinski definition) is 1. The Labute approximate surface area is 142 Å². The van der Waals surface area contributed by atoms with Gasteiger partial charge in [0.05, 0.1) is 4.92 Å². The maximum absolute atomic E-state index is 12.5. The number of nitro groups is 1. The van der Waals surface area contributed by atoms with Crippen LogP contribution >= 0.6 is 11.8 Å². The van der Waals surface area contributed by atoms with E-state index in [2.05, 4.69) is 0 Å². The van der Waals surface area contributed by atoms with Crippen LogP contribution in [0, 0.1) is 10.1 Å². The van der Waals surface area contributed by atoms with Crippen LogP contribution in [0.4, 0.5) is 5.69 Å². The Balaban J connectivity index is 1.66. The Hall–Kier alpha value is -2.13. The summed E-state index contributed by atoms with van der Waals surface area (Å²) in [6.45, 7) is 3.76. The molecule has 9 heteroatoms. The van der Waals surface area contributed by atoms with Gasteiger partial charge in [0.25, 0.3) is 5.69 Å². The van der Waals surface area contributed by atoms with Crippen molar-refractivity contribution in [2.45, 2.75) is 42.7 Å². The van der Waals surface area contributed by atoms with Crippen LogP contribution in [0.25, 0.3) is 0 Å². The molecule has 1 aromatic carbocycles. The van der Waals surface area contributed by atoms with Gasteiger partial charge >= 0.3 is 5.97 Å². The fourth-order valence-corrected chi connectivity index (χ4v) is 4.53. The molecule has 0 radical (unpaired) electrons. The molecule has 8 nitrogen and oxygen atoms in total. The summed E-state index contributed by atoms with van der Waals surface area (Å²) in [6, 6.07) is 4.53. The maximum Gasteiger partial charge on any atom is 0.330 e. The molecule has 0 bridgehead atoms. The molecule has 0 aliphatic carbocycles. The van der Waals surface area contributed by atoms with Crippen LogP contribution in [0.5, 0.6) is 0 Å². The summed E-state index contributed by atoms with van der Waals surface area (Å²) in [5.41, 5.74) is 6.39. The second-order valence-corrected chi connectivity index (χ2v) is 8.09. The van der Waals surface area contributed by atoms with Gasteiger partial charge in [-0.3, -0.25) is 14.9 Å². The summed E-state index contributed by atoms with van der Waals surface area (Å²) in [7, 11) is 0. The summed E-state index contributed by atoms with van der Waals surface area (Å²) in [4.78, 5) is 36.0. The monoisotopic (exact) mass is 351 g/mol. The van der Waals surface area contributed by atoms with Gasteiger partial charge in [0.15, 0.2) is 0 Å². The third kappa shape index (κ3) is 2.63. The minimum absolute atomic E-state index is 0.00712. The SMILES string of the molecule is CC1(C)S[C@H]2C(N)C(=O)N2C1C(=O)OCc1ccc([N+](=O)[O-])cc1. The average molecular weight is 351 g/mol. The lowest BCUT2D eigenvalue weighted by Gasteiger charge is -2.41. The Morgan fingerprint density at radius 2 is 2.04 bits per heavy atom. The highest BCUT2D eigenvalue weighted by molar-refractivity contribution is 8.01. The van der Waals surface area contributed by atoms with E-state index in [0.717, 1.165) is 0 Å². The number of fused-ring (bicyclic) bond motifs is 1. The van der Waals surface area contributed by atoms with E-state index in [0.29, 0.717) is 5.56 Å². The Bertz CT molecular complexity index is 706. The smallest absolute Gasteiger partial charge is 0.330 e. The predicted molar refractivity (Wildman–Crippen MR) is 87.0 cm³/mol. The molecule has 3 atom stereocenters. The number of thioether (sulfide) groups is 1. The molecule has 2 heterocycles. The number of esters is 1. The molecule has 1 amide bonds. The van der Waals surface area contributed by atoms with Crippen molar-refractivity contribution in [3.63, 3.8) is 0 Å². The topological polar surface area (TPSA) is 116 Å². The Kier molecular flexibility index (Phi) is 4.00. The van der Waals surface area contributed by atoms with Gasteiger partial charge in [-0.15, -0.1) is 11.8 Å². The quantitative estimate of drug-likeness (QED) is 0.373. The highest BCUT2D eigenvalue weighted by Crippen LogP contribution is 2.50. The van der Waals surface area contributed by atoms with Crippen molar-refractivity contribution >= 4 is 29.3 Å². The maximum atomic E-state index is 12.5. The number of β-lactam (4-membered cyclic amide) rings is 1. The van der Waals surface area contributed by atoms with E-state index in [1.165, 1.54) is 40.9 Å². The largest absolute Gasteiger partial charge is 0.459 e. The second kappa shape index (κ2) is 5.75. The lowest BCUT2D eigenvalue weighted by Crippen LogP contribution is -2.68. The summed E-state index contributed by atoms with van der Waals surface area (Å²) in [5.74, 6) is -0.732. The lowest BCUT2D eigenvalue weighted by atomic mass is 9.96. The molecule has 0 aromatic heterocycles. The van der Waals surface area contributed by atoms with Crippen molar-refractivity contribution in [3.05, 3.63) is 39.9 Å². The molecule has 0 spiro atoms. The van der Waals surface area contributed by atoms with Gasteiger partial charge in [-0.1, -0.05) is 0 Å². The molecule has 128 valence electrons. The molecule has 3 rings (SSSR count). The van der Waals surface area contributed by atoms with Crippen LogP contribution in [-0.4, -0.2) is 43.9 Å². The number of benzene rings is 1. The number of carbonyl (C=O) groups is 2. The van der Waals surface area contributed by atoms with Gasteiger partial charge in [-0.05, 0) is 31.5 Å². The first-order valence-corrected chi connectivity index (χ1v) is 8.26. The molecular formula is C15H17N3O5S. The van der Waals surface area contributed by atoms with Crippen LogP contribution in [0.15, 0.2) is 24.3 Å². The number of nitrogens with two attached hydrogens (primary N) is 1. The zero-order valence-corrected chi connectivity index (χ0v) is 14.0. The van der Waals surface area contributed by atoms with E-state index in [-0.39, 0.29) is 23.6 Å². The molecule has 1 aromatic rings. The number of non-ortho nitro benzene ring substituents is 1. The molecule has 24 heavy (non-hydrogen) atoms. The van der Waals surface area contributed by atoms with Crippen LogP contribution < -0.4 is 5.73 Å². The fraction of sp³-hybridized carbons (Fsp3) is 0.467. The molecule has 2 fully saturated rings. The number of amides is 1. The normalized spacial score (nSPS) is 27.4. The summed E-state index contributed by atoms with van der Waals surface area (Å²) in [5, 5.41) is 10.4. The van der Waals surface area contributed by atoms with Gasteiger partial charge in [-0.2, -0.15) is 0 Å². The highest BCUT2D eigenvalue weighted by atomic mass is 32.2. The van der Waals surface area contributed by atoms with Crippen LogP contribution in [0.1, 0.15) is 19.4 Å².